The van der Waals surface area contributed by atoms with E-state index in [-0.39, 0.29) is 0 Å². The zero-order valence-electron chi connectivity index (χ0n) is 11.7. The van der Waals surface area contributed by atoms with E-state index in [4.69, 9.17) is 4.74 Å². The molecule has 0 spiro atoms. The molecular formula is C15H24N2OS. The first-order chi connectivity index (χ1) is 9.34. The molecule has 19 heavy (non-hydrogen) atoms. The third kappa shape index (κ3) is 3.19. The molecule has 0 bridgehead atoms. The van der Waals surface area contributed by atoms with E-state index in [2.05, 4.69) is 28.6 Å². The van der Waals surface area contributed by atoms with Crippen molar-refractivity contribution in [3.8, 4) is 0 Å². The van der Waals surface area contributed by atoms with Crippen LogP contribution in [0.2, 0.25) is 0 Å². The Hall–Kier alpha value is -0.420. The fourth-order valence-corrected chi connectivity index (χ4v) is 4.13. The minimum absolute atomic E-state index is 0.484. The molecule has 1 aromatic rings. The maximum Gasteiger partial charge on any atom is 0.0600 e. The zero-order valence-corrected chi connectivity index (χ0v) is 12.5. The first-order valence-electron chi connectivity index (χ1n) is 7.47. The van der Waals surface area contributed by atoms with E-state index in [1.807, 2.05) is 11.3 Å². The lowest BCUT2D eigenvalue weighted by Gasteiger charge is -2.34. The predicted molar refractivity (Wildman–Crippen MR) is 79.9 cm³/mol. The number of hydrogen-bond donors (Lipinski definition) is 1. The number of rotatable bonds is 4. The van der Waals surface area contributed by atoms with Gasteiger partial charge in [-0.15, -0.1) is 11.3 Å². The van der Waals surface area contributed by atoms with Crippen molar-refractivity contribution in [2.24, 2.45) is 0 Å². The molecule has 0 radical (unpaired) electrons. The van der Waals surface area contributed by atoms with Crippen LogP contribution in [-0.2, 0) is 11.2 Å². The van der Waals surface area contributed by atoms with E-state index in [0.717, 1.165) is 26.2 Å². The molecule has 0 aromatic carbocycles. The lowest BCUT2D eigenvalue weighted by atomic mass is 10.0. The third-order valence-corrected chi connectivity index (χ3v) is 5.42. The lowest BCUT2D eigenvalue weighted by Crippen LogP contribution is -2.38. The van der Waals surface area contributed by atoms with Crippen molar-refractivity contribution in [2.45, 2.75) is 38.3 Å². The Kier molecular flexibility index (Phi) is 4.53. The van der Waals surface area contributed by atoms with Crippen LogP contribution in [-0.4, -0.2) is 43.8 Å². The summed E-state index contributed by atoms with van der Waals surface area (Å²) in [6, 6.07) is 2.86. The summed E-state index contributed by atoms with van der Waals surface area (Å²) in [4.78, 5) is 4.15. The Balaban J connectivity index is 1.46. The predicted octanol–water partition coefficient (Wildman–Crippen LogP) is 2.44. The Morgan fingerprint density at radius 3 is 3.11 bits per heavy atom. The van der Waals surface area contributed by atoms with E-state index in [1.54, 1.807) is 4.88 Å². The smallest absolute Gasteiger partial charge is 0.0600 e. The monoisotopic (exact) mass is 280 g/mol. The molecular weight excluding hydrogens is 256 g/mol. The highest BCUT2D eigenvalue weighted by Gasteiger charge is 2.24. The molecule has 2 aliphatic rings. The molecule has 1 saturated heterocycles. The summed E-state index contributed by atoms with van der Waals surface area (Å²) in [5.74, 6) is 0. The topological polar surface area (TPSA) is 24.5 Å². The quantitative estimate of drug-likeness (QED) is 0.917. The molecule has 3 nitrogen and oxygen atoms in total. The van der Waals surface area contributed by atoms with Crippen LogP contribution in [0.3, 0.4) is 0 Å². The van der Waals surface area contributed by atoms with Crippen molar-refractivity contribution >= 4 is 11.3 Å². The minimum atomic E-state index is 0.484. The van der Waals surface area contributed by atoms with Crippen LogP contribution < -0.4 is 5.32 Å². The molecule has 0 aliphatic carbocycles. The molecule has 1 atom stereocenters. The van der Waals surface area contributed by atoms with E-state index in [1.165, 1.54) is 31.4 Å². The summed E-state index contributed by atoms with van der Waals surface area (Å²) < 4.78 is 6.02. The van der Waals surface area contributed by atoms with Crippen LogP contribution in [0, 0.1) is 0 Å². The van der Waals surface area contributed by atoms with Gasteiger partial charge in [-0.25, -0.2) is 0 Å². The number of ether oxygens (including phenoxy) is 1. The van der Waals surface area contributed by atoms with Gasteiger partial charge in [-0.1, -0.05) is 0 Å². The molecule has 1 N–H and O–H groups in total. The molecule has 2 aliphatic heterocycles. The lowest BCUT2D eigenvalue weighted by molar-refractivity contribution is 0.0139. The number of hydrogen-bond acceptors (Lipinski definition) is 4. The molecule has 1 fully saturated rings. The van der Waals surface area contributed by atoms with Crippen molar-refractivity contribution in [1.82, 2.24) is 10.2 Å². The Morgan fingerprint density at radius 1 is 1.42 bits per heavy atom. The van der Waals surface area contributed by atoms with Crippen molar-refractivity contribution in [2.75, 3.05) is 32.8 Å². The van der Waals surface area contributed by atoms with Crippen molar-refractivity contribution < 1.29 is 4.74 Å². The van der Waals surface area contributed by atoms with Gasteiger partial charge in [0.25, 0.3) is 0 Å². The zero-order chi connectivity index (χ0) is 13.1. The van der Waals surface area contributed by atoms with Crippen LogP contribution in [0.15, 0.2) is 11.4 Å². The summed E-state index contributed by atoms with van der Waals surface area (Å²) in [5, 5.41) is 5.61. The Labute approximate surface area is 119 Å². The third-order valence-electron chi connectivity index (χ3n) is 4.42. The van der Waals surface area contributed by atoms with Gasteiger partial charge in [0.1, 0.15) is 0 Å². The van der Waals surface area contributed by atoms with Gasteiger partial charge in [-0.3, -0.25) is 4.90 Å². The molecule has 4 heteroatoms. The molecule has 1 unspecified atom stereocenters. The highest BCUT2D eigenvalue weighted by atomic mass is 32.1. The first kappa shape index (κ1) is 13.6. The Bertz CT molecular complexity index is 401. The van der Waals surface area contributed by atoms with Crippen molar-refractivity contribution in [3.05, 3.63) is 21.9 Å². The maximum absolute atomic E-state index is 6.02. The SMILES string of the molecule is CC1c2ccsc2CCN1CCOC1CCNCC1. The standard InChI is InChI=1S/C15H24N2OS/c1-12-14-5-11-19-15(14)4-8-17(12)9-10-18-13-2-6-16-7-3-13/h5,11-13,16H,2-4,6-10H2,1H3. The van der Waals surface area contributed by atoms with Gasteiger partial charge in [-0.05, 0) is 56.3 Å². The average Bonchev–Trinajstić information content (AvgIpc) is 2.92. The fourth-order valence-electron chi connectivity index (χ4n) is 3.17. The molecule has 0 amide bonds. The van der Waals surface area contributed by atoms with E-state index >= 15 is 0 Å². The van der Waals surface area contributed by atoms with Gasteiger partial charge in [0.2, 0.25) is 0 Å². The van der Waals surface area contributed by atoms with Crippen LogP contribution in [0.1, 0.15) is 36.2 Å². The van der Waals surface area contributed by atoms with Crippen LogP contribution in [0.4, 0.5) is 0 Å². The second-order valence-corrected chi connectivity index (χ2v) is 6.58. The van der Waals surface area contributed by atoms with Gasteiger partial charge in [0, 0.05) is 24.0 Å². The van der Waals surface area contributed by atoms with Crippen molar-refractivity contribution in [3.63, 3.8) is 0 Å². The van der Waals surface area contributed by atoms with Gasteiger partial charge < -0.3 is 10.1 Å². The van der Waals surface area contributed by atoms with E-state index < -0.39 is 0 Å². The number of fused-ring (bicyclic) bond motifs is 1. The Morgan fingerprint density at radius 2 is 2.26 bits per heavy atom. The van der Waals surface area contributed by atoms with Crippen LogP contribution in [0.25, 0.3) is 0 Å². The highest BCUT2D eigenvalue weighted by molar-refractivity contribution is 7.10. The van der Waals surface area contributed by atoms with Crippen molar-refractivity contribution in [1.29, 1.82) is 0 Å². The number of nitrogens with zero attached hydrogens (tertiary/aromatic N) is 1. The minimum Gasteiger partial charge on any atom is -0.377 e. The molecule has 3 heterocycles. The normalized spacial score (nSPS) is 25.4. The summed E-state index contributed by atoms with van der Waals surface area (Å²) in [6.45, 7) is 7.69. The number of thiophene rings is 1. The number of nitrogens with one attached hydrogen (secondary N) is 1. The molecule has 0 saturated carbocycles. The largest absolute Gasteiger partial charge is 0.377 e. The van der Waals surface area contributed by atoms with Crippen LogP contribution >= 0.6 is 11.3 Å². The van der Waals surface area contributed by atoms with E-state index in [9.17, 15) is 0 Å². The van der Waals surface area contributed by atoms with Gasteiger partial charge in [0.15, 0.2) is 0 Å². The average molecular weight is 280 g/mol. The first-order valence-corrected chi connectivity index (χ1v) is 8.35. The van der Waals surface area contributed by atoms with Gasteiger partial charge in [-0.2, -0.15) is 0 Å². The summed E-state index contributed by atoms with van der Waals surface area (Å²) in [6.07, 6.45) is 4.04. The summed E-state index contributed by atoms with van der Waals surface area (Å²) in [7, 11) is 0. The fraction of sp³-hybridized carbons (Fsp3) is 0.733. The second kappa shape index (κ2) is 6.35. The maximum atomic E-state index is 6.02. The summed E-state index contributed by atoms with van der Waals surface area (Å²) >= 11 is 1.91. The second-order valence-electron chi connectivity index (χ2n) is 5.58. The number of piperidine rings is 1. The molecule has 3 rings (SSSR count). The summed E-state index contributed by atoms with van der Waals surface area (Å²) in [5.41, 5.74) is 1.54. The molecule has 106 valence electrons. The molecule has 1 aromatic heterocycles. The van der Waals surface area contributed by atoms with Gasteiger partial charge >= 0.3 is 0 Å². The van der Waals surface area contributed by atoms with Gasteiger partial charge in [0.05, 0.1) is 12.7 Å². The highest BCUT2D eigenvalue weighted by Crippen LogP contribution is 2.32. The van der Waals surface area contributed by atoms with Crippen LogP contribution in [0.5, 0.6) is 0 Å². The van der Waals surface area contributed by atoms with E-state index in [0.29, 0.717) is 12.1 Å².